The van der Waals surface area contributed by atoms with Crippen LogP contribution in [-0.4, -0.2) is 28.0 Å². The van der Waals surface area contributed by atoms with E-state index in [4.69, 9.17) is 5.73 Å². The molecule has 0 fully saturated rings. The molecule has 4 aromatic rings. The molecule has 3 N–H and O–H groups in total. The summed E-state index contributed by atoms with van der Waals surface area (Å²) in [6, 6.07) is 8.62. The summed E-state index contributed by atoms with van der Waals surface area (Å²) in [5, 5.41) is 3.99. The first-order chi connectivity index (χ1) is 14.1. The van der Waals surface area contributed by atoms with Crippen LogP contribution in [0.25, 0.3) is 16.8 Å². The Labute approximate surface area is 168 Å². The maximum atomic E-state index is 12.9. The average molecular weight is 434 g/mol. The van der Waals surface area contributed by atoms with E-state index in [1.807, 2.05) is 0 Å². The first-order valence-electron chi connectivity index (χ1n) is 8.39. The normalized spacial score (nSPS) is 12.2. The highest BCUT2D eigenvalue weighted by atomic mass is 32.2. The van der Waals surface area contributed by atoms with Crippen molar-refractivity contribution in [2.24, 2.45) is 0 Å². The molecule has 154 valence electrons. The minimum absolute atomic E-state index is 0.0897. The first-order valence-corrected chi connectivity index (χ1v) is 9.87. The smallest absolute Gasteiger partial charge is 0.366 e. The molecule has 0 spiro atoms. The van der Waals surface area contributed by atoms with E-state index in [1.54, 1.807) is 18.3 Å². The van der Waals surface area contributed by atoms with Gasteiger partial charge in [0.15, 0.2) is 5.65 Å². The number of hydrogen-bond acceptors (Lipinski definition) is 6. The van der Waals surface area contributed by atoms with Crippen molar-refractivity contribution in [1.29, 1.82) is 0 Å². The maximum absolute atomic E-state index is 12.9. The lowest BCUT2D eigenvalue weighted by molar-refractivity contribution is -0.137. The van der Waals surface area contributed by atoms with Crippen LogP contribution < -0.4 is 10.5 Å². The van der Waals surface area contributed by atoms with Crippen LogP contribution in [0.1, 0.15) is 5.56 Å². The first kappa shape index (κ1) is 19.6. The number of aromatic nitrogens is 4. The fourth-order valence-electron chi connectivity index (χ4n) is 2.77. The minimum Gasteiger partial charge on any atom is -0.366 e. The van der Waals surface area contributed by atoms with Crippen molar-refractivity contribution in [2.45, 2.75) is 11.1 Å². The summed E-state index contributed by atoms with van der Waals surface area (Å²) in [5.41, 5.74) is 5.94. The lowest BCUT2D eigenvalue weighted by atomic mass is 10.1. The summed E-state index contributed by atoms with van der Waals surface area (Å²) in [4.78, 5) is 7.73. The van der Waals surface area contributed by atoms with Gasteiger partial charge in [0.05, 0.1) is 5.56 Å². The van der Waals surface area contributed by atoms with Crippen LogP contribution in [0.5, 0.6) is 0 Å². The van der Waals surface area contributed by atoms with Crippen LogP contribution >= 0.6 is 0 Å². The number of nitrogens with one attached hydrogen (secondary N) is 1. The summed E-state index contributed by atoms with van der Waals surface area (Å²) in [7, 11) is -4.18. The molecule has 0 bridgehead atoms. The van der Waals surface area contributed by atoms with Gasteiger partial charge >= 0.3 is 6.18 Å². The molecule has 3 aromatic heterocycles. The third kappa shape index (κ3) is 3.89. The number of pyridine rings is 2. The van der Waals surface area contributed by atoms with Gasteiger partial charge in [-0.25, -0.2) is 12.9 Å². The molecule has 0 amide bonds. The van der Waals surface area contributed by atoms with Gasteiger partial charge in [0.1, 0.15) is 4.90 Å². The van der Waals surface area contributed by atoms with E-state index in [9.17, 15) is 21.6 Å². The van der Waals surface area contributed by atoms with Crippen molar-refractivity contribution in [3.05, 3.63) is 66.6 Å². The van der Waals surface area contributed by atoms with Gasteiger partial charge in [0, 0.05) is 35.4 Å². The second kappa shape index (κ2) is 6.99. The van der Waals surface area contributed by atoms with E-state index >= 15 is 0 Å². The molecular formula is C18H13F3N6O2S. The molecule has 0 saturated carbocycles. The molecule has 30 heavy (non-hydrogen) atoms. The molecule has 0 aliphatic heterocycles. The van der Waals surface area contributed by atoms with Crippen LogP contribution in [-0.2, 0) is 16.2 Å². The van der Waals surface area contributed by atoms with Gasteiger partial charge in [-0.15, -0.1) is 5.10 Å². The zero-order chi connectivity index (χ0) is 21.5. The SMILES string of the molecule is Nc1nc2ccc(-c3cncc(S(=O)(=O)Nc4cccc(C(F)(F)F)c4)c3)cn2n1. The van der Waals surface area contributed by atoms with Crippen LogP contribution in [0.3, 0.4) is 0 Å². The zero-order valence-electron chi connectivity index (χ0n) is 15.0. The molecule has 0 aliphatic rings. The number of nitrogens with zero attached hydrogens (tertiary/aromatic N) is 4. The van der Waals surface area contributed by atoms with Crippen LogP contribution in [0.2, 0.25) is 0 Å². The summed E-state index contributed by atoms with van der Waals surface area (Å²) in [5.74, 6) is 0.0897. The van der Waals surface area contributed by atoms with Gasteiger partial charge in [0.25, 0.3) is 10.0 Å². The molecule has 4 rings (SSSR count). The van der Waals surface area contributed by atoms with Gasteiger partial charge in [-0.05, 0) is 36.4 Å². The number of alkyl halides is 3. The number of hydrogen-bond donors (Lipinski definition) is 2. The van der Waals surface area contributed by atoms with E-state index in [0.29, 0.717) is 16.8 Å². The van der Waals surface area contributed by atoms with Crippen molar-refractivity contribution in [3.63, 3.8) is 0 Å². The van der Waals surface area contributed by atoms with Gasteiger partial charge in [-0.3, -0.25) is 9.71 Å². The van der Waals surface area contributed by atoms with Crippen LogP contribution in [0.15, 0.2) is 66.0 Å². The van der Waals surface area contributed by atoms with E-state index in [0.717, 1.165) is 24.4 Å². The van der Waals surface area contributed by atoms with Gasteiger partial charge in [-0.1, -0.05) is 6.07 Å². The van der Waals surface area contributed by atoms with Crippen molar-refractivity contribution in [2.75, 3.05) is 10.5 Å². The number of nitrogens with two attached hydrogens (primary N) is 1. The Hall–Kier alpha value is -3.67. The van der Waals surface area contributed by atoms with Crippen LogP contribution in [0, 0.1) is 0 Å². The Morgan fingerprint density at radius 2 is 1.83 bits per heavy atom. The molecule has 0 saturated heterocycles. The molecule has 3 heterocycles. The molecule has 1 aromatic carbocycles. The number of halogens is 3. The largest absolute Gasteiger partial charge is 0.416 e. The quantitative estimate of drug-likeness (QED) is 0.510. The predicted octanol–water partition coefficient (Wildman–Crippen LogP) is 3.19. The maximum Gasteiger partial charge on any atom is 0.416 e. The van der Waals surface area contributed by atoms with E-state index < -0.39 is 21.8 Å². The van der Waals surface area contributed by atoms with E-state index in [2.05, 4.69) is 19.8 Å². The highest BCUT2D eigenvalue weighted by Gasteiger charge is 2.30. The lowest BCUT2D eigenvalue weighted by Crippen LogP contribution is -2.14. The predicted molar refractivity (Wildman–Crippen MR) is 103 cm³/mol. The van der Waals surface area contributed by atoms with Crippen molar-refractivity contribution in [1.82, 2.24) is 19.6 Å². The molecule has 0 unspecified atom stereocenters. The molecule has 0 atom stereocenters. The topological polar surface area (TPSA) is 115 Å². The van der Waals surface area contributed by atoms with Crippen molar-refractivity contribution in [3.8, 4) is 11.1 Å². The Morgan fingerprint density at radius 1 is 1.03 bits per heavy atom. The van der Waals surface area contributed by atoms with Gasteiger partial charge < -0.3 is 5.73 Å². The third-order valence-corrected chi connectivity index (χ3v) is 5.49. The zero-order valence-corrected chi connectivity index (χ0v) is 15.8. The number of anilines is 2. The molecular weight excluding hydrogens is 421 g/mol. The minimum atomic E-state index is -4.59. The third-order valence-electron chi connectivity index (χ3n) is 4.15. The van der Waals surface area contributed by atoms with Crippen LogP contribution in [0.4, 0.5) is 24.8 Å². The molecule has 0 aliphatic carbocycles. The lowest BCUT2D eigenvalue weighted by Gasteiger charge is -2.12. The summed E-state index contributed by atoms with van der Waals surface area (Å²) in [6.45, 7) is 0. The molecule has 8 nitrogen and oxygen atoms in total. The monoisotopic (exact) mass is 434 g/mol. The van der Waals surface area contributed by atoms with Crippen molar-refractivity contribution >= 4 is 27.3 Å². The number of sulfonamides is 1. The number of fused-ring (bicyclic) bond motifs is 1. The number of rotatable bonds is 4. The summed E-state index contributed by atoms with van der Waals surface area (Å²) >= 11 is 0. The van der Waals surface area contributed by atoms with Crippen molar-refractivity contribution < 1.29 is 21.6 Å². The molecule has 0 radical (unpaired) electrons. The molecule has 12 heteroatoms. The fourth-order valence-corrected chi connectivity index (χ4v) is 3.80. The summed E-state index contributed by atoms with van der Waals surface area (Å²) < 4.78 is 67.6. The Kier molecular flexibility index (Phi) is 4.57. The Morgan fingerprint density at radius 3 is 2.60 bits per heavy atom. The standard InChI is InChI=1S/C18H13F3N6O2S/c19-18(20,21)13-2-1-3-14(7-13)26-30(28,29)15-6-12(8-23-9-15)11-4-5-16-24-17(22)25-27(16)10-11/h1-10,26H,(H2,22,25). The summed E-state index contributed by atoms with van der Waals surface area (Å²) in [6.07, 6.45) is -0.436. The second-order valence-corrected chi connectivity index (χ2v) is 7.97. The highest BCUT2D eigenvalue weighted by molar-refractivity contribution is 7.92. The van der Waals surface area contributed by atoms with Gasteiger partial charge in [-0.2, -0.15) is 18.2 Å². The number of nitrogen functional groups attached to an aromatic ring is 1. The average Bonchev–Trinajstić information content (AvgIpc) is 3.06. The van der Waals surface area contributed by atoms with E-state index in [1.165, 1.54) is 22.8 Å². The Balaban J connectivity index is 1.67. The fraction of sp³-hybridized carbons (Fsp3) is 0.0556. The highest BCUT2D eigenvalue weighted by Crippen LogP contribution is 2.31. The van der Waals surface area contributed by atoms with Gasteiger partial charge in [0.2, 0.25) is 5.95 Å². The number of benzene rings is 1. The second-order valence-electron chi connectivity index (χ2n) is 6.28. The Bertz CT molecular complexity index is 1350. The van der Waals surface area contributed by atoms with E-state index in [-0.39, 0.29) is 16.5 Å².